The highest BCUT2D eigenvalue weighted by Crippen LogP contribution is 2.06. The molecule has 1 atom stereocenters. The molecule has 1 amide bonds. The summed E-state index contributed by atoms with van der Waals surface area (Å²) < 4.78 is 5.29. The zero-order valence-corrected chi connectivity index (χ0v) is 10.0. The number of unbranched alkanes of at least 4 members (excludes halogenated alkanes) is 1. The van der Waals surface area contributed by atoms with Crippen molar-refractivity contribution < 1.29 is 9.53 Å². The summed E-state index contributed by atoms with van der Waals surface area (Å²) in [6.07, 6.45) is 4.79. The molecule has 82 valence electrons. The smallest absolute Gasteiger partial charge is 0.220 e. The molecule has 1 saturated heterocycles. The number of amides is 1. The van der Waals surface area contributed by atoms with E-state index in [0.717, 1.165) is 37.6 Å². The number of hydrogen-bond acceptors (Lipinski definition) is 2. The Morgan fingerprint density at radius 1 is 1.50 bits per heavy atom. The van der Waals surface area contributed by atoms with E-state index in [1.165, 1.54) is 0 Å². The van der Waals surface area contributed by atoms with Gasteiger partial charge >= 0.3 is 0 Å². The lowest BCUT2D eigenvalue weighted by molar-refractivity contribution is -0.122. The largest absolute Gasteiger partial charge is 0.379 e. The second-order valence-corrected chi connectivity index (χ2v) is 4.42. The van der Waals surface area contributed by atoms with Crippen molar-refractivity contribution in [2.75, 3.05) is 18.5 Å². The van der Waals surface area contributed by atoms with Crippen LogP contribution < -0.4 is 5.32 Å². The fourth-order valence-corrected chi connectivity index (χ4v) is 1.93. The van der Waals surface area contributed by atoms with Gasteiger partial charge in [0, 0.05) is 18.4 Å². The third-order valence-corrected chi connectivity index (χ3v) is 2.87. The first-order valence-electron chi connectivity index (χ1n) is 5.26. The van der Waals surface area contributed by atoms with Crippen molar-refractivity contribution in [1.82, 2.24) is 5.32 Å². The lowest BCUT2D eigenvalue weighted by Gasteiger charge is -2.23. The normalized spacial score (nSPS) is 21.9. The number of carbonyl (C=O) groups excluding carboxylic acids is 1. The quantitative estimate of drug-likeness (QED) is 0.608. The molecule has 0 aromatic rings. The van der Waals surface area contributed by atoms with E-state index in [1.807, 2.05) is 0 Å². The van der Waals surface area contributed by atoms with E-state index in [4.69, 9.17) is 4.74 Å². The van der Waals surface area contributed by atoms with E-state index in [1.54, 1.807) is 0 Å². The SMILES string of the molecule is O=C(CCCCBr)NC1CCCOC1. The van der Waals surface area contributed by atoms with Gasteiger partial charge in [-0.1, -0.05) is 15.9 Å². The second kappa shape index (κ2) is 7.23. The summed E-state index contributed by atoms with van der Waals surface area (Å²) in [6, 6.07) is 0.250. The van der Waals surface area contributed by atoms with E-state index in [9.17, 15) is 4.79 Å². The average Bonchev–Trinajstić information content (AvgIpc) is 2.20. The lowest BCUT2D eigenvalue weighted by Crippen LogP contribution is -2.40. The van der Waals surface area contributed by atoms with Crippen LogP contribution in [-0.4, -0.2) is 30.5 Å². The predicted molar refractivity (Wildman–Crippen MR) is 59.6 cm³/mol. The molecule has 0 saturated carbocycles. The van der Waals surface area contributed by atoms with Crippen LogP contribution in [0, 0.1) is 0 Å². The summed E-state index contributed by atoms with van der Waals surface area (Å²) in [5, 5.41) is 3.98. The molecule has 1 fully saturated rings. The van der Waals surface area contributed by atoms with Gasteiger partial charge in [0.25, 0.3) is 0 Å². The van der Waals surface area contributed by atoms with Crippen molar-refractivity contribution in [3.8, 4) is 0 Å². The number of nitrogens with one attached hydrogen (secondary N) is 1. The fourth-order valence-electron chi connectivity index (χ4n) is 1.53. The molecule has 1 N–H and O–H groups in total. The third-order valence-electron chi connectivity index (χ3n) is 2.31. The van der Waals surface area contributed by atoms with Crippen molar-refractivity contribution in [3.05, 3.63) is 0 Å². The first kappa shape index (κ1) is 12.0. The Hall–Kier alpha value is -0.0900. The van der Waals surface area contributed by atoms with Gasteiger partial charge in [0.15, 0.2) is 0 Å². The van der Waals surface area contributed by atoms with Gasteiger partial charge in [0.1, 0.15) is 0 Å². The van der Waals surface area contributed by atoms with Crippen LogP contribution in [0.5, 0.6) is 0 Å². The monoisotopic (exact) mass is 263 g/mol. The molecule has 0 radical (unpaired) electrons. The maximum atomic E-state index is 11.4. The fraction of sp³-hybridized carbons (Fsp3) is 0.900. The molecular weight excluding hydrogens is 246 g/mol. The maximum absolute atomic E-state index is 11.4. The molecule has 14 heavy (non-hydrogen) atoms. The molecule has 1 unspecified atom stereocenters. The zero-order chi connectivity index (χ0) is 10.2. The lowest BCUT2D eigenvalue weighted by atomic mass is 10.1. The van der Waals surface area contributed by atoms with Gasteiger partial charge in [0.2, 0.25) is 5.91 Å². The highest BCUT2D eigenvalue weighted by Gasteiger charge is 2.15. The Labute approximate surface area is 93.7 Å². The standard InChI is InChI=1S/C10H18BrNO2/c11-6-2-1-5-10(13)12-9-4-3-7-14-8-9/h9H,1-8H2,(H,12,13). The summed E-state index contributed by atoms with van der Waals surface area (Å²) in [5.41, 5.74) is 0. The number of halogens is 1. The van der Waals surface area contributed by atoms with E-state index < -0.39 is 0 Å². The molecule has 1 rings (SSSR count). The van der Waals surface area contributed by atoms with Gasteiger partial charge in [-0.05, 0) is 25.7 Å². The van der Waals surface area contributed by atoms with Crippen LogP contribution in [0.1, 0.15) is 32.1 Å². The molecule has 0 aromatic carbocycles. The van der Waals surface area contributed by atoms with Crippen molar-refractivity contribution in [1.29, 1.82) is 0 Å². The minimum Gasteiger partial charge on any atom is -0.379 e. The van der Waals surface area contributed by atoms with E-state index >= 15 is 0 Å². The summed E-state index contributed by atoms with van der Waals surface area (Å²) >= 11 is 3.35. The van der Waals surface area contributed by atoms with Gasteiger partial charge in [-0.2, -0.15) is 0 Å². The summed E-state index contributed by atoms with van der Waals surface area (Å²) in [7, 11) is 0. The van der Waals surface area contributed by atoms with Crippen molar-refractivity contribution in [3.63, 3.8) is 0 Å². The summed E-state index contributed by atoms with van der Waals surface area (Å²) in [5.74, 6) is 0.168. The van der Waals surface area contributed by atoms with E-state index in [-0.39, 0.29) is 11.9 Å². The third kappa shape index (κ3) is 4.96. The molecule has 1 aliphatic heterocycles. The molecule has 0 spiro atoms. The Kier molecular flexibility index (Phi) is 6.19. The molecule has 1 aliphatic rings. The van der Waals surface area contributed by atoms with E-state index in [0.29, 0.717) is 13.0 Å². The Morgan fingerprint density at radius 2 is 2.36 bits per heavy atom. The number of alkyl halides is 1. The molecule has 0 aliphatic carbocycles. The predicted octanol–water partition coefficient (Wildman–Crippen LogP) is 1.85. The molecule has 0 bridgehead atoms. The van der Waals surface area contributed by atoms with Crippen LogP contribution in [0.2, 0.25) is 0 Å². The molecule has 0 aromatic heterocycles. The molecular formula is C10H18BrNO2. The zero-order valence-electron chi connectivity index (χ0n) is 8.43. The molecule has 4 heteroatoms. The minimum atomic E-state index is 0.168. The molecule has 3 nitrogen and oxygen atoms in total. The second-order valence-electron chi connectivity index (χ2n) is 3.63. The first-order valence-corrected chi connectivity index (χ1v) is 6.38. The summed E-state index contributed by atoms with van der Waals surface area (Å²) in [6.45, 7) is 1.53. The van der Waals surface area contributed by atoms with Crippen LogP contribution in [0.4, 0.5) is 0 Å². The highest BCUT2D eigenvalue weighted by molar-refractivity contribution is 9.09. The van der Waals surface area contributed by atoms with Crippen molar-refractivity contribution >= 4 is 21.8 Å². The van der Waals surface area contributed by atoms with Crippen molar-refractivity contribution in [2.45, 2.75) is 38.1 Å². The first-order chi connectivity index (χ1) is 6.83. The number of hydrogen-bond donors (Lipinski definition) is 1. The van der Waals surface area contributed by atoms with Crippen LogP contribution >= 0.6 is 15.9 Å². The van der Waals surface area contributed by atoms with E-state index in [2.05, 4.69) is 21.2 Å². The summed E-state index contributed by atoms with van der Waals surface area (Å²) in [4.78, 5) is 11.4. The van der Waals surface area contributed by atoms with Crippen molar-refractivity contribution in [2.24, 2.45) is 0 Å². The van der Waals surface area contributed by atoms with Gasteiger partial charge in [-0.25, -0.2) is 0 Å². The highest BCUT2D eigenvalue weighted by atomic mass is 79.9. The van der Waals surface area contributed by atoms with Crippen LogP contribution in [-0.2, 0) is 9.53 Å². The Morgan fingerprint density at radius 3 is 3.00 bits per heavy atom. The maximum Gasteiger partial charge on any atom is 0.220 e. The Balaban J connectivity index is 2.06. The van der Waals surface area contributed by atoms with Crippen LogP contribution in [0.3, 0.4) is 0 Å². The van der Waals surface area contributed by atoms with Gasteiger partial charge in [-0.3, -0.25) is 4.79 Å². The topological polar surface area (TPSA) is 38.3 Å². The number of rotatable bonds is 5. The number of carbonyl (C=O) groups is 1. The van der Waals surface area contributed by atoms with Gasteiger partial charge in [0.05, 0.1) is 12.6 Å². The van der Waals surface area contributed by atoms with Gasteiger partial charge in [-0.15, -0.1) is 0 Å². The number of ether oxygens (including phenoxy) is 1. The minimum absolute atomic E-state index is 0.168. The molecule has 1 heterocycles. The van der Waals surface area contributed by atoms with Gasteiger partial charge < -0.3 is 10.1 Å². The average molecular weight is 264 g/mol. The van der Waals surface area contributed by atoms with Crippen LogP contribution in [0.15, 0.2) is 0 Å². The Bertz CT molecular complexity index is 170. The van der Waals surface area contributed by atoms with Crippen LogP contribution in [0.25, 0.3) is 0 Å².